The standard InChI is InChI=1S/C15H25NO6/c1-15(2,3)22-14(20)16-7-5-6-11(16)12(18)8-10(9-17)13(19)21-4/h10-11,17H,5-9H2,1-4H3/t10-,11-/m0/s1. The first kappa shape index (κ1) is 18.4. The van der Waals surface area contributed by atoms with Crippen LogP contribution in [0.15, 0.2) is 0 Å². The third-order valence-electron chi connectivity index (χ3n) is 3.45. The normalized spacial score (nSPS) is 19.7. The van der Waals surface area contributed by atoms with E-state index in [9.17, 15) is 19.5 Å². The number of carbonyl (C=O) groups is 3. The van der Waals surface area contributed by atoms with Crippen LogP contribution in [-0.4, -0.2) is 59.8 Å². The maximum atomic E-state index is 12.3. The SMILES string of the molecule is COC(=O)[C@H](CO)CC(=O)[C@@H]1CCCN1C(=O)OC(C)(C)C. The van der Waals surface area contributed by atoms with Crippen molar-refractivity contribution in [2.24, 2.45) is 5.92 Å². The highest BCUT2D eigenvalue weighted by Crippen LogP contribution is 2.23. The summed E-state index contributed by atoms with van der Waals surface area (Å²) in [6, 6.07) is -0.603. The number of Topliss-reactive ketones (excluding diaryl/α,β-unsaturated/α-hetero) is 1. The number of methoxy groups -OCH3 is 1. The molecule has 7 heteroatoms. The lowest BCUT2D eigenvalue weighted by atomic mass is 9.98. The zero-order chi connectivity index (χ0) is 16.9. The second-order valence-electron chi connectivity index (χ2n) is 6.40. The molecular formula is C15H25NO6. The molecule has 1 fully saturated rings. The third-order valence-corrected chi connectivity index (χ3v) is 3.45. The topological polar surface area (TPSA) is 93.1 Å². The van der Waals surface area contributed by atoms with Crippen LogP contribution in [0.5, 0.6) is 0 Å². The van der Waals surface area contributed by atoms with Crippen LogP contribution in [0.4, 0.5) is 4.79 Å². The van der Waals surface area contributed by atoms with Gasteiger partial charge in [0.1, 0.15) is 5.60 Å². The summed E-state index contributed by atoms with van der Waals surface area (Å²) in [5.41, 5.74) is -0.632. The summed E-state index contributed by atoms with van der Waals surface area (Å²) in [6.07, 6.45) is 0.573. The molecule has 1 amide bonds. The molecule has 0 bridgehead atoms. The molecule has 2 atom stereocenters. The number of esters is 1. The summed E-state index contributed by atoms with van der Waals surface area (Å²) in [4.78, 5) is 37.3. The molecule has 22 heavy (non-hydrogen) atoms. The average molecular weight is 315 g/mol. The number of rotatable bonds is 5. The van der Waals surface area contributed by atoms with Crippen molar-refractivity contribution in [3.8, 4) is 0 Å². The van der Waals surface area contributed by atoms with Crippen molar-refractivity contribution in [2.75, 3.05) is 20.3 Å². The lowest BCUT2D eigenvalue weighted by Gasteiger charge is -2.28. The second-order valence-corrected chi connectivity index (χ2v) is 6.40. The number of hydrogen-bond acceptors (Lipinski definition) is 6. The van der Waals surface area contributed by atoms with Gasteiger partial charge in [-0.25, -0.2) is 4.79 Å². The highest BCUT2D eigenvalue weighted by molar-refractivity contribution is 5.91. The molecule has 0 aromatic carbocycles. The van der Waals surface area contributed by atoms with Crippen molar-refractivity contribution in [1.82, 2.24) is 4.90 Å². The van der Waals surface area contributed by atoms with Crippen molar-refractivity contribution < 1.29 is 29.0 Å². The highest BCUT2D eigenvalue weighted by Gasteiger charge is 2.37. The lowest BCUT2D eigenvalue weighted by Crippen LogP contribution is -2.44. The van der Waals surface area contributed by atoms with Crippen LogP contribution in [0.25, 0.3) is 0 Å². The van der Waals surface area contributed by atoms with E-state index < -0.39 is 36.2 Å². The Morgan fingerprint density at radius 1 is 1.32 bits per heavy atom. The third kappa shape index (κ3) is 4.98. The first-order chi connectivity index (χ1) is 10.2. The van der Waals surface area contributed by atoms with E-state index in [-0.39, 0.29) is 12.2 Å². The van der Waals surface area contributed by atoms with Gasteiger partial charge in [0, 0.05) is 13.0 Å². The van der Waals surface area contributed by atoms with Gasteiger partial charge in [0.25, 0.3) is 0 Å². The quantitative estimate of drug-likeness (QED) is 0.764. The van der Waals surface area contributed by atoms with Gasteiger partial charge >= 0.3 is 12.1 Å². The number of aliphatic hydroxyl groups excluding tert-OH is 1. The van der Waals surface area contributed by atoms with Crippen molar-refractivity contribution in [2.45, 2.75) is 51.7 Å². The number of ketones is 1. The van der Waals surface area contributed by atoms with Crippen LogP contribution >= 0.6 is 0 Å². The van der Waals surface area contributed by atoms with E-state index in [1.807, 2.05) is 0 Å². The van der Waals surface area contributed by atoms with Gasteiger partial charge in [-0.2, -0.15) is 0 Å². The fourth-order valence-corrected chi connectivity index (χ4v) is 2.41. The van der Waals surface area contributed by atoms with E-state index in [2.05, 4.69) is 4.74 Å². The number of carbonyl (C=O) groups excluding carboxylic acids is 3. The van der Waals surface area contributed by atoms with Gasteiger partial charge in [0.2, 0.25) is 0 Å². The number of likely N-dealkylation sites (tertiary alicyclic amines) is 1. The molecule has 1 saturated heterocycles. The molecule has 1 aliphatic heterocycles. The molecule has 0 unspecified atom stereocenters. The minimum Gasteiger partial charge on any atom is -0.469 e. The highest BCUT2D eigenvalue weighted by atomic mass is 16.6. The molecule has 0 aromatic heterocycles. The molecule has 1 rings (SSSR count). The molecule has 0 spiro atoms. The maximum Gasteiger partial charge on any atom is 0.410 e. The van der Waals surface area contributed by atoms with Gasteiger partial charge in [-0.05, 0) is 33.6 Å². The first-order valence-corrected chi connectivity index (χ1v) is 7.40. The summed E-state index contributed by atoms with van der Waals surface area (Å²) in [5, 5.41) is 9.19. The largest absolute Gasteiger partial charge is 0.469 e. The van der Waals surface area contributed by atoms with Gasteiger partial charge in [-0.3, -0.25) is 14.5 Å². The molecule has 1 N–H and O–H groups in total. The molecule has 1 aliphatic rings. The zero-order valence-electron chi connectivity index (χ0n) is 13.6. The van der Waals surface area contributed by atoms with Gasteiger partial charge < -0.3 is 14.6 Å². The van der Waals surface area contributed by atoms with Crippen LogP contribution in [0.2, 0.25) is 0 Å². The Morgan fingerprint density at radius 2 is 1.95 bits per heavy atom. The number of amides is 1. The average Bonchev–Trinajstić information content (AvgIpc) is 2.91. The maximum absolute atomic E-state index is 12.3. The Hall–Kier alpha value is -1.63. The summed E-state index contributed by atoms with van der Waals surface area (Å²) in [7, 11) is 1.21. The second kappa shape index (κ2) is 7.58. The predicted octanol–water partition coefficient (Wildman–Crippen LogP) is 1.13. The van der Waals surface area contributed by atoms with E-state index in [0.717, 1.165) is 0 Å². The van der Waals surface area contributed by atoms with E-state index in [4.69, 9.17) is 4.74 Å². The Bertz CT molecular complexity index is 428. The monoisotopic (exact) mass is 315 g/mol. The fraction of sp³-hybridized carbons (Fsp3) is 0.800. The van der Waals surface area contributed by atoms with Gasteiger partial charge in [-0.15, -0.1) is 0 Å². The number of ether oxygens (including phenoxy) is 2. The molecule has 0 saturated carbocycles. The molecule has 7 nitrogen and oxygen atoms in total. The lowest BCUT2D eigenvalue weighted by molar-refractivity contribution is -0.149. The van der Waals surface area contributed by atoms with Crippen LogP contribution in [0.3, 0.4) is 0 Å². The van der Waals surface area contributed by atoms with Crippen LogP contribution in [0, 0.1) is 5.92 Å². The smallest absolute Gasteiger partial charge is 0.410 e. The Labute approximate surface area is 130 Å². The summed E-state index contributed by atoms with van der Waals surface area (Å²) < 4.78 is 9.85. The van der Waals surface area contributed by atoms with Crippen molar-refractivity contribution in [1.29, 1.82) is 0 Å². The van der Waals surface area contributed by atoms with E-state index in [1.165, 1.54) is 12.0 Å². The van der Waals surface area contributed by atoms with E-state index in [1.54, 1.807) is 20.8 Å². The summed E-state index contributed by atoms with van der Waals surface area (Å²) >= 11 is 0. The van der Waals surface area contributed by atoms with E-state index in [0.29, 0.717) is 19.4 Å². The molecule has 0 aromatic rings. The van der Waals surface area contributed by atoms with E-state index >= 15 is 0 Å². The first-order valence-electron chi connectivity index (χ1n) is 7.40. The summed E-state index contributed by atoms with van der Waals surface area (Å²) in [6.45, 7) is 5.27. The van der Waals surface area contributed by atoms with Crippen LogP contribution < -0.4 is 0 Å². The van der Waals surface area contributed by atoms with Crippen LogP contribution in [-0.2, 0) is 19.1 Å². The van der Waals surface area contributed by atoms with Gasteiger partial charge in [-0.1, -0.05) is 0 Å². The van der Waals surface area contributed by atoms with Gasteiger partial charge in [0.15, 0.2) is 5.78 Å². The molecule has 0 radical (unpaired) electrons. The zero-order valence-corrected chi connectivity index (χ0v) is 13.6. The van der Waals surface area contributed by atoms with Crippen molar-refractivity contribution in [3.05, 3.63) is 0 Å². The Balaban J connectivity index is 2.71. The van der Waals surface area contributed by atoms with Crippen molar-refractivity contribution >= 4 is 17.8 Å². The Morgan fingerprint density at radius 3 is 2.45 bits per heavy atom. The minimum absolute atomic E-state index is 0.146. The molecule has 1 heterocycles. The fourth-order valence-electron chi connectivity index (χ4n) is 2.41. The number of hydrogen-bond donors (Lipinski definition) is 1. The molecular weight excluding hydrogens is 290 g/mol. The number of nitrogens with zero attached hydrogens (tertiary/aromatic N) is 1. The van der Waals surface area contributed by atoms with Crippen LogP contribution in [0.1, 0.15) is 40.0 Å². The van der Waals surface area contributed by atoms with Gasteiger partial charge in [0.05, 0.1) is 25.7 Å². The molecule has 0 aliphatic carbocycles. The predicted molar refractivity (Wildman–Crippen MR) is 78.2 cm³/mol. The Kier molecular flexibility index (Phi) is 6.34. The minimum atomic E-state index is -0.890. The summed E-state index contributed by atoms with van der Waals surface area (Å²) in [5.74, 6) is -1.77. The number of aliphatic hydroxyl groups is 1. The van der Waals surface area contributed by atoms with Crippen molar-refractivity contribution in [3.63, 3.8) is 0 Å². The molecule has 126 valence electrons.